The van der Waals surface area contributed by atoms with Crippen LogP contribution in [0.25, 0.3) is 0 Å². The molecular weight excluding hydrogens is 216 g/mol. The summed E-state index contributed by atoms with van der Waals surface area (Å²) in [5.74, 6) is 0.536. The Morgan fingerprint density at radius 1 is 1.47 bits per heavy atom. The molecule has 1 aromatic carbocycles. The summed E-state index contributed by atoms with van der Waals surface area (Å²) in [5.41, 5.74) is 1.47. The van der Waals surface area contributed by atoms with Crippen molar-refractivity contribution in [1.29, 1.82) is 0 Å². The minimum Gasteiger partial charge on any atom is -0.495 e. The van der Waals surface area contributed by atoms with Crippen molar-refractivity contribution < 1.29 is 9.53 Å². The predicted molar refractivity (Wildman–Crippen MR) is 60.8 cm³/mol. The molecule has 0 saturated carbocycles. The van der Waals surface area contributed by atoms with Crippen LogP contribution in [-0.2, 0) is 0 Å². The Hall–Kier alpha value is -1.42. The van der Waals surface area contributed by atoms with Gasteiger partial charge < -0.3 is 15.4 Å². The average molecular weight is 229 g/mol. The van der Waals surface area contributed by atoms with Crippen molar-refractivity contribution in [2.75, 3.05) is 19.5 Å². The highest BCUT2D eigenvalue weighted by atomic mass is 35.5. The maximum atomic E-state index is 11.1. The predicted octanol–water partition coefficient (Wildman–Crippen LogP) is 2.41. The van der Waals surface area contributed by atoms with Crippen molar-refractivity contribution in [3.8, 4) is 5.75 Å². The molecule has 0 heterocycles. The number of carbonyl (C=O) groups is 1. The molecule has 15 heavy (non-hydrogen) atoms. The summed E-state index contributed by atoms with van der Waals surface area (Å²) in [6, 6.07) is 3.13. The van der Waals surface area contributed by atoms with Crippen molar-refractivity contribution in [3.63, 3.8) is 0 Å². The van der Waals surface area contributed by atoms with Crippen molar-refractivity contribution >= 4 is 23.3 Å². The quantitative estimate of drug-likeness (QED) is 0.817. The zero-order chi connectivity index (χ0) is 11.4. The topological polar surface area (TPSA) is 50.4 Å². The molecule has 0 bridgehead atoms. The Labute approximate surface area is 93.6 Å². The fraction of sp³-hybridized carbons (Fsp3) is 0.300. The van der Waals surface area contributed by atoms with E-state index < -0.39 is 0 Å². The Kier molecular flexibility index (Phi) is 3.80. The highest BCUT2D eigenvalue weighted by Crippen LogP contribution is 2.30. The summed E-state index contributed by atoms with van der Waals surface area (Å²) in [6.07, 6.45) is 0. The summed E-state index contributed by atoms with van der Waals surface area (Å²) in [4.78, 5) is 11.1. The van der Waals surface area contributed by atoms with Gasteiger partial charge in [-0.1, -0.05) is 11.6 Å². The fourth-order valence-corrected chi connectivity index (χ4v) is 1.27. The molecule has 5 heteroatoms. The average Bonchev–Trinajstić information content (AvgIpc) is 2.22. The lowest BCUT2D eigenvalue weighted by Gasteiger charge is -2.11. The maximum Gasteiger partial charge on any atom is 0.319 e. The van der Waals surface area contributed by atoms with Crippen LogP contribution in [0.15, 0.2) is 12.1 Å². The molecule has 82 valence electrons. The molecule has 0 aromatic heterocycles. The molecule has 4 nitrogen and oxygen atoms in total. The van der Waals surface area contributed by atoms with Gasteiger partial charge in [0.2, 0.25) is 0 Å². The van der Waals surface area contributed by atoms with Crippen molar-refractivity contribution in [1.82, 2.24) is 5.32 Å². The van der Waals surface area contributed by atoms with Gasteiger partial charge in [-0.25, -0.2) is 4.79 Å². The normalized spacial score (nSPS) is 9.60. The molecule has 0 unspecified atom stereocenters. The van der Waals surface area contributed by atoms with E-state index in [1.54, 1.807) is 19.2 Å². The number of rotatable bonds is 2. The lowest BCUT2D eigenvalue weighted by Crippen LogP contribution is -2.24. The number of amides is 2. The minimum atomic E-state index is -0.296. The second-order valence-corrected chi connectivity index (χ2v) is 3.41. The first-order valence-corrected chi connectivity index (χ1v) is 4.79. The van der Waals surface area contributed by atoms with Gasteiger partial charge in [-0.15, -0.1) is 0 Å². The second kappa shape index (κ2) is 4.89. The Bertz CT molecular complexity index is 380. The third kappa shape index (κ3) is 2.76. The first-order chi connectivity index (χ1) is 7.08. The van der Waals surface area contributed by atoms with Gasteiger partial charge in [-0.05, 0) is 18.6 Å². The largest absolute Gasteiger partial charge is 0.495 e. The highest BCUT2D eigenvalue weighted by Gasteiger charge is 2.08. The van der Waals surface area contributed by atoms with Gasteiger partial charge in [0, 0.05) is 18.1 Å². The minimum absolute atomic E-state index is 0.296. The molecule has 1 aromatic rings. The van der Waals surface area contributed by atoms with Gasteiger partial charge >= 0.3 is 6.03 Å². The first-order valence-electron chi connectivity index (χ1n) is 4.41. The monoisotopic (exact) mass is 228 g/mol. The van der Waals surface area contributed by atoms with Gasteiger partial charge in [0.1, 0.15) is 5.75 Å². The number of nitrogens with one attached hydrogen (secondary N) is 2. The van der Waals surface area contributed by atoms with Crippen molar-refractivity contribution in [3.05, 3.63) is 22.7 Å². The summed E-state index contributed by atoms with van der Waals surface area (Å²) >= 11 is 5.93. The third-order valence-corrected chi connectivity index (χ3v) is 2.36. The van der Waals surface area contributed by atoms with Gasteiger partial charge in [0.05, 0.1) is 12.8 Å². The van der Waals surface area contributed by atoms with Gasteiger partial charge in [-0.3, -0.25) is 0 Å². The van der Waals surface area contributed by atoms with Crippen LogP contribution >= 0.6 is 11.6 Å². The van der Waals surface area contributed by atoms with E-state index in [1.165, 1.54) is 7.11 Å². The van der Waals surface area contributed by atoms with Crippen LogP contribution in [0.4, 0.5) is 10.5 Å². The number of carbonyl (C=O) groups excluding carboxylic acids is 1. The molecule has 0 fully saturated rings. The first kappa shape index (κ1) is 11.7. The van der Waals surface area contributed by atoms with Crippen LogP contribution in [0.3, 0.4) is 0 Å². The summed E-state index contributed by atoms with van der Waals surface area (Å²) < 4.78 is 5.10. The van der Waals surface area contributed by atoms with Crippen LogP contribution in [0.2, 0.25) is 5.02 Å². The second-order valence-electron chi connectivity index (χ2n) is 3.01. The third-order valence-electron chi connectivity index (χ3n) is 1.96. The lowest BCUT2D eigenvalue weighted by molar-refractivity contribution is 0.254. The molecule has 2 amide bonds. The molecule has 1 rings (SSSR count). The van der Waals surface area contributed by atoms with E-state index in [0.29, 0.717) is 16.5 Å². The SMILES string of the molecule is CNC(=O)Nc1cc(C)c(Cl)cc1OC. The molecular formula is C10H13ClN2O2. The number of ether oxygens (including phenoxy) is 1. The highest BCUT2D eigenvalue weighted by molar-refractivity contribution is 6.31. The molecule has 0 aliphatic carbocycles. The van der Waals surface area contributed by atoms with E-state index in [-0.39, 0.29) is 6.03 Å². The van der Waals surface area contributed by atoms with Gasteiger partial charge in [0.25, 0.3) is 0 Å². The molecule has 0 radical (unpaired) electrons. The number of methoxy groups -OCH3 is 1. The Morgan fingerprint density at radius 3 is 2.67 bits per heavy atom. The number of aryl methyl sites for hydroxylation is 1. The molecule has 0 spiro atoms. The molecule has 2 N–H and O–H groups in total. The van der Waals surface area contributed by atoms with Crippen LogP contribution < -0.4 is 15.4 Å². The van der Waals surface area contributed by atoms with Crippen LogP contribution in [-0.4, -0.2) is 20.2 Å². The maximum absolute atomic E-state index is 11.1. The van der Waals surface area contributed by atoms with E-state index in [1.807, 2.05) is 6.92 Å². The summed E-state index contributed by atoms with van der Waals surface area (Å²) in [6.45, 7) is 1.86. The molecule has 0 aliphatic rings. The molecule has 0 atom stereocenters. The van der Waals surface area contributed by atoms with Crippen molar-refractivity contribution in [2.24, 2.45) is 0 Å². The Morgan fingerprint density at radius 2 is 2.13 bits per heavy atom. The number of urea groups is 1. The summed E-state index contributed by atoms with van der Waals surface area (Å²) in [5, 5.41) is 5.71. The van der Waals surface area contributed by atoms with E-state index in [4.69, 9.17) is 16.3 Å². The number of benzene rings is 1. The number of halogens is 1. The van der Waals surface area contributed by atoms with Crippen molar-refractivity contribution in [2.45, 2.75) is 6.92 Å². The Balaban J connectivity index is 3.05. The molecule has 0 saturated heterocycles. The van der Waals surface area contributed by atoms with Gasteiger partial charge in [-0.2, -0.15) is 0 Å². The zero-order valence-electron chi connectivity index (χ0n) is 8.85. The lowest BCUT2D eigenvalue weighted by atomic mass is 10.2. The fourth-order valence-electron chi connectivity index (χ4n) is 1.11. The number of hydrogen-bond acceptors (Lipinski definition) is 2. The van der Waals surface area contributed by atoms with E-state index >= 15 is 0 Å². The summed E-state index contributed by atoms with van der Waals surface area (Å²) in [7, 11) is 3.07. The van der Waals surface area contributed by atoms with Gasteiger partial charge in [0.15, 0.2) is 0 Å². The van der Waals surface area contributed by atoms with Crippen LogP contribution in [0.5, 0.6) is 5.75 Å². The van der Waals surface area contributed by atoms with E-state index in [0.717, 1.165) is 5.56 Å². The molecule has 0 aliphatic heterocycles. The van der Waals surface area contributed by atoms with E-state index in [2.05, 4.69) is 10.6 Å². The standard InChI is InChI=1S/C10H13ClN2O2/c1-6-4-8(13-10(14)12-2)9(15-3)5-7(6)11/h4-5H,1-3H3,(H2,12,13,14). The zero-order valence-corrected chi connectivity index (χ0v) is 9.61. The smallest absolute Gasteiger partial charge is 0.319 e. The number of anilines is 1. The van der Waals surface area contributed by atoms with Crippen LogP contribution in [0, 0.1) is 6.92 Å². The van der Waals surface area contributed by atoms with Crippen LogP contribution in [0.1, 0.15) is 5.56 Å². The van der Waals surface area contributed by atoms with E-state index in [9.17, 15) is 4.79 Å². The number of hydrogen-bond donors (Lipinski definition) is 2.